The monoisotopic (exact) mass is 640 g/mol. The largest absolute Gasteiger partial charge is 0.492 e. The minimum absolute atomic E-state index is 0.0843. The van der Waals surface area contributed by atoms with Crippen molar-refractivity contribution >= 4 is 23.6 Å². The molecule has 2 aliphatic heterocycles. The molecule has 3 N–H and O–H groups in total. The van der Waals surface area contributed by atoms with E-state index < -0.39 is 0 Å². The number of unbranched alkanes of at least 4 members (excludes halogenated alkanes) is 1. The summed E-state index contributed by atoms with van der Waals surface area (Å²) in [5.74, 6) is 2.43. The summed E-state index contributed by atoms with van der Waals surface area (Å²) in [6.45, 7) is 17.1. The molecule has 2 aliphatic rings. The summed E-state index contributed by atoms with van der Waals surface area (Å²) in [5, 5.41) is 11.2. The highest BCUT2D eigenvalue weighted by Gasteiger charge is 2.27. The van der Waals surface area contributed by atoms with E-state index in [4.69, 9.17) is 4.74 Å². The van der Waals surface area contributed by atoms with Crippen molar-refractivity contribution in [3.8, 4) is 5.75 Å². The van der Waals surface area contributed by atoms with Crippen LogP contribution in [0.25, 0.3) is 17.7 Å². The molecule has 0 saturated carbocycles. The van der Waals surface area contributed by atoms with Crippen LogP contribution in [-0.4, -0.2) is 50.7 Å². The Bertz CT molecular complexity index is 1510. The lowest BCUT2D eigenvalue weighted by Gasteiger charge is -2.28. The summed E-state index contributed by atoms with van der Waals surface area (Å²) < 4.78 is 6.24. The third kappa shape index (κ3) is 11.4. The number of aryl methyl sites for hydroxylation is 2. The molecule has 6 nitrogen and oxygen atoms in total. The Balaban J connectivity index is 1.36. The fourth-order valence-corrected chi connectivity index (χ4v) is 6.55. The Kier molecular flexibility index (Phi) is 14.2. The number of allylic oxidation sites excluding steroid dienone is 2. The number of hydrogen-bond acceptors (Lipinski definition) is 5. The molecule has 1 saturated heterocycles. The van der Waals surface area contributed by atoms with Crippen LogP contribution in [0.3, 0.4) is 0 Å². The second-order valence-electron chi connectivity index (χ2n) is 14.1. The van der Waals surface area contributed by atoms with E-state index >= 15 is 0 Å². The Morgan fingerprint density at radius 3 is 2.74 bits per heavy atom. The van der Waals surface area contributed by atoms with Gasteiger partial charge in [-0.3, -0.25) is 4.79 Å². The minimum atomic E-state index is 0.0843. The average molecular weight is 641 g/mol. The van der Waals surface area contributed by atoms with Gasteiger partial charge in [-0.05, 0) is 116 Å². The predicted octanol–water partition coefficient (Wildman–Crippen LogP) is 6.13. The molecule has 2 aromatic carbocycles. The Morgan fingerprint density at radius 1 is 1.17 bits per heavy atom. The molecule has 4 atom stereocenters. The number of rotatable bonds is 15. The van der Waals surface area contributed by atoms with E-state index in [0.29, 0.717) is 30.9 Å². The van der Waals surface area contributed by atoms with E-state index in [1.807, 2.05) is 12.1 Å². The Morgan fingerprint density at radius 2 is 2.00 bits per heavy atom. The summed E-state index contributed by atoms with van der Waals surface area (Å²) in [6.07, 6.45) is 15.7. The zero-order valence-corrected chi connectivity index (χ0v) is 30.1. The van der Waals surface area contributed by atoms with E-state index in [9.17, 15) is 4.79 Å². The zero-order chi connectivity index (χ0) is 33.8. The number of carbonyl (C=O) groups excluding carboxylic acids is 1. The predicted molar refractivity (Wildman–Crippen MR) is 198 cm³/mol. The standard InChI is InChI=1S/C41H60N4O2/c1-8-9-10-35-16-12-30(3)22-36(35)21-29(2)11-13-31(4)32(5)14-15-34-23-37(38-27-44-45(7)28-38)25-39(24-34)47-20-19-43-41(46)40-17-18-42-26-33(40)6/h10,12-13,16,21-25,28-29,32-33,40,42,44H,8-9,11,14-15,17-20,26-27H2,1-7H3,(H,43,46)/b31-13-,35-10+,36-21-/t29?,32?,33-,40+/m0/s1. The van der Waals surface area contributed by atoms with Crippen molar-refractivity contribution in [2.45, 2.75) is 80.1 Å². The van der Waals surface area contributed by atoms with E-state index in [1.54, 1.807) is 0 Å². The van der Waals surface area contributed by atoms with E-state index in [1.165, 1.54) is 44.7 Å². The van der Waals surface area contributed by atoms with Crippen LogP contribution in [-0.2, 0) is 11.2 Å². The summed E-state index contributed by atoms with van der Waals surface area (Å²) >= 11 is 0. The normalized spacial score (nSPS) is 20.7. The second-order valence-corrected chi connectivity index (χ2v) is 14.1. The van der Waals surface area contributed by atoms with Crippen molar-refractivity contribution < 1.29 is 9.53 Å². The highest BCUT2D eigenvalue weighted by molar-refractivity contribution is 5.79. The third-order valence-electron chi connectivity index (χ3n) is 9.81. The highest BCUT2D eigenvalue weighted by atomic mass is 16.5. The first kappa shape index (κ1) is 36.5. The van der Waals surface area contributed by atoms with Gasteiger partial charge in [-0.1, -0.05) is 87.7 Å². The van der Waals surface area contributed by atoms with Crippen LogP contribution in [0, 0.1) is 30.6 Å². The zero-order valence-electron chi connectivity index (χ0n) is 30.1. The molecule has 47 heavy (non-hydrogen) atoms. The van der Waals surface area contributed by atoms with Gasteiger partial charge in [0.25, 0.3) is 0 Å². The van der Waals surface area contributed by atoms with Crippen molar-refractivity contribution in [3.63, 3.8) is 0 Å². The molecular formula is C41H60N4O2. The lowest BCUT2D eigenvalue weighted by atomic mass is 9.87. The molecule has 4 rings (SSSR count). The number of hydrazine groups is 1. The van der Waals surface area contributed by atoms with Crippen LogP contribution >= 0.6 is 0 Å². The first-order valence-electron chi connectivity index (χ1n) is 18.0. The molecule has 256 valence electrons. The maximum atomic E-state index is 12.7. The second kappa shape index (κ2) is 18.3. The maximum Gasteiger partial charge on any atom is 0.223 e. The van der Waals surface area contributed by atoms with Gasteiger partial charge in [-0.15, -0.1) is 0 Å². The molecule has 0 spiro atoms. The highest BCUT2D eigenvalue weighted by Crippen LogP contribution is 2.27. The van der Waals surface area contributed by atoms with Crippen LogP contribution in [0.1, 0.15) is 83.4 Å². The Hall–Kier alpha value is -3.35. The van der Waals surface area contributed by atoms with E-state index in [0.717, 1.165) is 57.5 Å². The number of amides is 1. The lowest BCUT2D eigenvalue weighted by Crippen LogP contribution is -2.44. The van der Waals surface area contributed by atoms with Crippen molar-refractivity contribution in [2.24, 2.45) is 23.7 Å². The van der Waals surface area contributed by atoms with E-state index in [-0.39, 0.29) is 11.8 Å². The molecule has 1 amide bonds. The first-order valence-corrected chi connectivity index (χ1v) is 18.0. The number of hydrogen-bond donors (Lipinski definition) is 3. The smallest absolute Gasteiger partial charge is 0.223 e. The van der Waals surface area contributed by atoms with Gasteiger partial charge < -0.3 is 20.4 Å². The Labute approximate surface area is 284 Å². The van der Waals surface area contributed by atoms with Gasteiger partial charge in [-0.2, -0.15) is 0 Å². The van der Waals surface area contributed by atoms with Crippen molar-refractivity contribution in [1.29, 1.82) is 0 Å². The SMILES string of the molecule is CCC/C=c1\ccc(C)c\c1=C\C(C)C/C=C(/C)C(C)CCc1cc(OCCNC(=O)[C@@H]2CCNC[C@@H]2C)cc(C2=CN(C)NC2)c1. The number of nitrogens with zero attached hydrogens (tertiary/aromatic N) is 1. The molecule has 2 unspecified atom stereocenters. The molecule has 0 aromatic heterocycles. The number of ether oxygens (including phenoxy) is 1. The van der Waals surface area contributed by atoms with E-state index in [2.05, 4.69) is 118 Å². The molecule has 6 heteroatoms. The molecule has 0 radical (unpaired) electrons. The van der Waals surface area contributed by atoms with Crippen LogP contribution in [0.5, 0.6) is 5.75 Å². The summed E-state index contributed by atoms with van der Waals surface area (Å²) in [7, 11) is 2.03. The number of carbonyl (C=O) groups is 1. The van der Waals surface area contributed by atoms with Crippen molar-refractivity contribution in [1.82, 2.24) is 21.1 Å². The third-order valence-corrected chi connectivity index (χ3v) is 9.81. The van der Waals surface area contributed by atoms with Gasteiger partial charge >= 0.3 is 0 Å². The van der Waals surface area contributed by atoms with Gasteiger partial charge in [0.05, 0.1) is 6.54 Å². The lowest BCUT2D eigenvalue weighted by molar-refractivity contribution is -0.127. The molecule has 0 aliphatic carbocycles. The summed E-state index contributed by atoms with van der Waals surface area (Å²) in [5.41, 5.74) is 9.87. The quantitative estimate of drug-likeness (QED) is 0.162. The van der Waals surface area contributed by atoms with Crippen LogP contribution in [0.2, 0.25) is 0 Å². The van der Waals surface area contributed by atoms with Crippen LogP contribution < -0.4 is 31.2 Å². The van der Waals surface area contributed by atoms with Crippen LogP contribution in [0.15, 0.2) is 54.2 Å². The molecule has 0 bridgehead atoms. The minimum Gasteiger partial charge on any atom is -0.492 e. The van der Waals surface area contributed by atoms with Gasteiger partial charge in [0.15, 0.2) is 0 Å². The number of nitrogens with one attached hydrogen (secondary N) is 3. The number of piperidine rings is 1. The fourth-order valence-electron chi connectivity index (χ4n) is 6.55. The van der Waals surface area contributed by atoms with Gasteiger partial charge in [-0.25, -0.2) is 5.43 Å². The van der Waals surface area contributed by atoms with Gasteiger partial charge in [0.1, 0.15) is 12.4 Å². The molecule has 2 heterocycles. The average Bonchev–Trinajstić information content (AvgIpc) is 3.50. The van der Waals surface area contributed by atoms with Gasteiger partial charge in [0, 0.05) is 25.7 Å². The fraction of sp³-hybridized carbons (Fsp3) is 0.537. The van der Waals surface area contributed by atoms with Crippen molar-refractivity contribution in [2.75, 3.05) is 39.8 Å². The summed E-state index contributed by atoms with van der Waals surface area (Å²) in [6, 6.07) is 13.5. The maximum absolute atomic E-state index is 12.7. The molecular weight excluding hydrogens is 580 g/mol. The van der Waals surface area contributed by atoms with Crippen LogP contribution in [0.4, 0.5) is 0 Å². The molecule has 2 aromatic rings. The number of benzene rings is 2. The summed E-state index contributed by atoms with van der Waals surface area (Å²) in [4.78, 5) is 12.7. The van der Waals surface area contributed by atoms with Gasteiger partial charge in [0.2, 0.25) is 5.91 Å². The van der Waals surface area contributed by atoms with Crippen molar-refractivity contribution in [3.05, 3.63) is 81.4 Å². The molecule has 1 fully saturated rings. The first-order chi connectivity index (χ1) is 22.6. The topological polar surface area (TPSA) is 65.6 Å².